The van der Waals surface area contributed by atoms with Crippen molar-refractivity contribution < 1.29 is 4.92 Å². The van der Waals surface area contributed by atoms with Crippen molar-refractivity contribution in [1.82, 2.24) is 0 Å². The molecule has 0 saturated carbocycles. The summed E-state index contributed by atoms with van der Waals surface area (Å²) in [6, 6.07) is 11.8. The third-order valence-electron chi connectivity index (χ3n) is 3.15. The Hall–Kier alpha value is -1.78. The van der Waals surface area contributed by atoms with Crippen LogP contribution in [0.25, 0.3) is 0 Å². The van der Waals surface area contributed by atoms with Gasteiger partial charge in [0.05, 0.1) is 21.7 Å². The number of nitro benzene ring substituents is 1. The Kier molecular flexibility index (Phi) is 5.04. The molecule has 0 saturated heterocycles. The minimum Gasteiger partial charge on any atom is -0.377 e. The third kappa shape index (κ3) is 3.86. The van der Waals surface area contributed by atoms with Crippen molar-refractivity contribution in [1.29, 1.82) is 0 Å². The minimum absolute atomic E-state index is 0.00264. The Morgan fingerprint density at radius 1 is 1.24 bits per heavy atom. The van der Waals surface area contributed by atoms with Gasteiger partial charge in [-0.3, -0.25) is 10.1 Å². The lowest BCUT2D eigenvalue weighted by atomic mass is 10.0. The summed E-state index contributed by atoms with van der Waals surface area (Å²) in [5, 5.41) is 15.2. The lowest BCUT2D eigenvalue weighted by Gasteiger charge is -2.19. The van der Waals surface area contributed by atoms with Crippen molar-refractivity contribution in [3.63, 3.8) is 0 Å². The molecule has 0 aliphatic carbocycles. The molecule has 2 rings (SSSR count). The van der Waals surface area contributed by atoms with E-state index < -0.39 is 4.92 Å². The van der Waals surface area contributed by atoms with Crippen LogP contribution in [-0.2, 0) is 0 Å². The van der Waals surface area contributed by atoms with Crippen LogP contribution in [0.5, 0.6) is 0 Å². The van der Waals surface area contributed by atoms with Crippen LogP contribution in [0.2, 0.25) is 10.0 Å². The number of benzene rings is 2. The van der Waals surface area contributed by atoms with E-state index in [1.165, 1.54) is 18.2 Å². The Labute approximate surface area is 132 Å². The second-order valence-corrected chi connectivity index (χ2v) is 5.43. The van der Waals surface area contributed by atoms with Crippen molar-refractivity contribution in [3.8, 4) is 0 Å². The molecule has 0 amide bonds. The standard InChI is InChI=1S/C15H14Cl2N2O2/c1-2-14(10-4-3-5-11(16)8-10)18-15-9-12(19(20)21)6-7-13(15)17/h3-9,14,18H,2H2,1H3. The second-order valence-electron chi connectivity index (χ2n) is 4.58. The number of nitro groups is 1. The van der Waals surface area contributed by atoms with E-state index in [0.29, 0.717) is 15.7 Å². The van der Waals surface area contributed by atoms with Gasteiger partial charge in [-0.1, -0.05) is 42.3 Å². The molecular formula is C15H14Cl2N2O2. The minimum atomic E-state index is -0.443. The van der Waals surface area contributed by atoms with Crippen LogP contribution in [0.1, 0.15) is 24.9 Å². The van der Waals surface area contributed by atoms with Gasteiger partial charge in [-0.05, 0) is 30.2 Å². The first-order valence-corrected chi connectivity index (χ1v) is 7.22. The number of non-ortho nitro benzene ring substituents is 1. The van der Waals surface area contributed by atoms with Gasteiger partial charge in [0, 0.05) is 17.2 Å². The highest BCUT2D eigenvalue weighted by Crippen LogP contribution is 2.31. The SMILES string of the molecule is CCC(Nc1cc([N+](=O)[O-])ccc1Cl)c1cccc(Cl)c1. The number of nitrogens with zero attached hydrogens (tertiary/aromatic N) is 1. The van der Waals surface area contributed by atoms with Gasteiger partial charge in [-0.2, -0.15) is 0 Å². The molecule has 1 unspecified atom stereocenters. The molecule has 0 aliphatic rings. The summed E-state index contributed by atoms with van der Waals surface area (Å²) < 4.78 is 0. The predicted molar refractivity (Wildman–Crippen MR) is 86.2 cm³/mol. The topological polar surface area (TPSA) is 55.2 Å². The predicted octanol–water partition coefficient (Wildman–Crippen LogP) is 5.46. The molecule has 0 fully saturated rings. The molecule has 1 atom stereocenters. The van der Waals surface area contributed by atoms with Gasteiger partial charge in [0.2, 0.25) is 0 Å². The highest BCUT2D eigenvalue weighted by molar-refractivity contribution is 6.33. The van der Waals surface area contributed by atoms with Crippen LogP contribution >= 0.6 is 23.2 Å². The second kappa shape index (κ2) is 6.78. The zero-order valence-corrected chi connectivity index (χ0v) is 12.9. The number of hydrogen-bond acceptors (Lipinski definition) is 3. The number of rotatable bonds is 5. The fourth-order valence-corrected chi connectivity index (χ4v) is 2.44. The third-order valence-corrected chi connectivity index (χ3v) is 3.71. The Balaban J connectivity index is 2.30. The average Bonchev–Trinajstić information content (AvgIpc) is 2.46. The lowest BCUT2D eigenvalue weighted by molar-refractivity contribution is -0.384. The van der Waals surface area contributed by atoms with E-state index >= 15 is 0 Å². The normalized spacial score (nSPS) is 12.0. The molecule has 0 bridgehead atoms. The highest BCUT2D eigenvalue weighted by Gasteiger charge is 2.14. The van der Waals surface area contributed by atoms with E-state index in [1.54, 1.807) is 6.07 Å². The van der Waals surface area contributed by atoms with Crippen molar-refractivity contribution in [2.45, 2.75) is 19.4 Å². The highest BCUT2D eigenvalue weighted by atomic mass is 35.5. The van der Waals surface area contributed by atoms with Crippen molar-refractivity contribution in [2.24, 2.45) is 0 Å². The smallest absolute Gasteiger partial charge is 0.271 e. The molecule has 21 heavy (non-hydrogen) atoms. The summed E-state index contributed by atoms with van der Waals surface area (Å²) in [4.78, 5) is 10.4. The molecule has 0 aromatic heterocycles. The van der Waals surface area contributed by atoms with Gasteiger partial charge in [0.1, 0.15) is 0 Å². The number of anilines is 1. The van der Waals surface area contributed by atoms with Crippen LogP contribution in [-0.4, -0.2) is 4.92 Å². The van der Waals surface area contributed by atoms with E-state index in [4.69, 9.17) is 23.2 Å². The molecule has 110 valence electrons. The number of halogens is 2. The van der Waals surface area contributed by atoms with Crippen molar-refractivity contribution in [3.05, 3.63) is 68.2 Å². The molecule has 6 heteroatoms. The van der Waals surface area contributed by atoms with Gasteiger partial charge < -0.3 is 5.32 Å². The van der Waals surface area contributed by atoms with Gasteiger partial charge in [0.15, 0.2) is 0 Å². The first kappa shape index (κ1) is 15.6. The maximum atomic E-state index is 10.9. The Morgan fingerprint density at radius 3 is 2.62 bits per heavy atom. The van der Waals surface area contributed by atoms with Gasteiger partial charge in [0.25, 0.3) is 5.69 Å². The van der Waals surface area contributed by atoms with E-state index in [9.17, 15) is 10.1 Å². The zero-order valence-electron chi connectivity index (χ0n) is 11.3. The maximum Gasteiger partial charge on any atom is 0.271 e. The maximum absolute atomic E-state index is 10.9. The van der Waals surface area contributed by atoms with E-state index in [-0.39, 0.29) is 11.7 Å². The Morgan fingerprint density at radius 2 is 2.00 bits per heavy atom. The van der Waals surface area contributed by atoms with Crippen LogP contribution in [0.4, 0.5) is 11.4 Å². The fraction of sp³-hybridized carbons (Fsp3) is 0.200. The lowest BCUT2D eigenvalue weighted by Crippen LogP contribution is -2.10. The summed E-state index contributed by atoms with van der Waals surface area (Å²) >= 11 is 12.1. The van der Waals surface area contributed by atoms with Crippen LogP contribution < -0.4 is 5.32 Å². The number of hydrogen-bond donors (Lipinski definition) is 1. The summed E-state index contributed by atoms with van der Waals surface area (Å²) in [5.74, 6) is 0. The summed E-state index contributed by atoms with van der Waals surface area (Å²) in [6.07, 6.45) is 0.791. The molecule has 4 nitrogen and oxygen atoms in total. The summed E-state index contributed by atoms with van der Waals surface area (Å²) in [5.41, 5.74) is 1.55. The van der Waals surface area contributed by atoms with Crippen molar-refractivity contribution in [2.75, 3.05) is 5.32 Å². The largest absolute Gasteiger partial charge is 0.377 e. The van der Waals surface area contributed by atoms with Crippen LogP contribution in [0.15, 0.2) is 42.5 Å². The van der Waals surface area contributed by atoms with E-state index in [2.05, 4.69) is 5.32 Å². The molecule has 2 aromatic rings. The Bertz CT molecular complexity index is 662. The van der Waals surface area contributed by atoms with Gasteiger partial charge in [-0.25, -0.2) is 0 Å². The molecule has 2 aromatic carbocycles. The zero-order chi connectivity index (χ0) is 15.4. The summed E-state index contributed by atoms with van der Waals surface area (Å²) in [7, 11) is 0. The van der Waals surface area contributed by atoms with Gasteiger partial charge in [-0.15, -0.1) is 0 Å². The van der Waals surface area contributed by atoms with Gasteiger partial charge >= 0.3 is 0 Å². The molecule has 0 heterocycles. The first-order valence-electron chi connectivity index (χ1n) is 6.47. The molecular weight excluding hydrogens is 311 g/mol. The average molecular weight is 325 g/mol. The van der Waals surface area contributed by atoms with E-state index in [0.717, 1.165) is 12.0 Å². The molecule has 0 radical (unpaired) electrons. The first-order chi connectivity index (χ1) is 10.0. The van der Waals surface area contributed by atoms with E-state index in [1.807, 2.05) is 25.1 Å². The quantitative estimate of drug-likeness (QED) is 0.586. The molecule has 1 N–H and O–H groups in total. The van der Waals surface area contributed by atoms with Crippen molar-refractivity contribution >= 4 is 34.6 Å². The summed E-state index contributed by atoms with van der Waals surface area (Å²) in [6.45, 7) is 2.02. The molecule has 0 spiro atoms. The van der Waals surface area contributed by atoms with Crippen LogP contribution in [0, 0.1) is 10.1 Å². The van der Waals surface area contributed by atoms with Crippen LogP contribution in [0.3, 0.4) is 0 Å². The monoisotopic (exact) mass is 324 g/mol. The number of nitrogens with one attached hydrogen (secondary N) is 1. The molecule has 0 aliphatic heterocycles. The fourth-order valence-electron chi connectivity index (χ4n) is 2.07.